The van der Waals surface area contributed by atoms with E-state index < -0.39 is 82.9 Å². The molecule has 0 radical (unpaired) electrons. The number of likely N-dealkylation sites (N-methyl/N-ethyl adjacent to an activating group) is 2. The van der Waals surface area contributed by atoms with Crippen molar-refractivity contribution in [3.05, 3.63) is 78.4 Å². The van der Waals surface area contributed by atoms with Gasteiger partial charge in [0.15, 0.2) is 13.2 Å². The maximum Gasteiger partial charge on any atom is 0 e. The molecule has 2 unspecified atom stereocenters. The third-order valence-electron chi connectivity index (χ3n) is 14.3. The maximum atomic E-state index is 12.5. The Hall–Kier alpha value is -4.47. The number of nitrogens with zero attached hydrogens (tertiary/aromatic N) is 8. The molecule has 2 aliphatic heterocycles. The number of halogens is 3. The van der Waals surface area contributed by atoms with Crippen LogP contribution in [-0.4, -0.2) is 325 Å². The molecule has 0 saturated carbocycles. The van der Waals surface area contributed by atoms with Gasteiger partial charge in [-0.05, 0) is 51.2 Å². The molecule has 4 rings (SSSR count). The van der Waals surface area contributed by atoms with Crippen LogP contribution in [0.15, 0.2) is 60.7 Å². The molecular weight excluding hydrogens is 1670 g/mol. The van der Waals surface area contributed by atoms with Crippen molar-refractivity contribution in [1.82, 2.24) is 49.8 Å². The van der Waals surface area contributed by atoms with Gasteiger partial charge in [-0.1, -0.05) is 60.1 Å². The van der Waals surface area contributed by atoms with Gasteiger partial charge in [0, 0.05) is 182 Å². The zero-order chi connectivity index (χ0) is 73.1. The van der Waals surface area contributed by atoms with Crippen molar-refractivity contribution >= 4 is 71.9 Å². The van der Waals surface area contributed by atoms with E-state index >= 15 is 0 Å². The first-order valence-electron chi connectivity index (χ1n) is 30.5. The Labute approximate surface area is 636 Å². The zero-order valence-electron chi connectivity index (χ0n) is 56.4. The third kappa shape index (κ3) is 54.2. The topological polar surface area (TPSA) is 416 Å². The van der Waals surface area contributed by atoms with Gasteiger partial charge >= 0.3 is 89.3 Å². The summed E-state index contributed by atoms with van der Waals surface area (Å²) in [7, 11) is 6.56. The van der Waals surface area contributed by atoms with Crippen LogP contribution in [0.2, 0.25) is 0 Å². The van der Waals surface area contributed by atoms with Crippen LogP contribution in [0.4, 0.5) is 0 Å². The molecule has 2 heterocycles. The molecule has 0 bridgehead atoms. The number of esters is 4. The molecule has 2 saturated heterocycles. The summed E-state index contributed by atoms with van der Waals surface area (Å²) < 4.78 is 20.0. The van der Waals surface area contributed by atoms with Crippen molar-refractivity contribution in [1.29, 1.82) is 0 Å². The van der Waals surface area contributed by atoms with Crippen LogP contribution in [0.5, 0.6) is 0 Å². The number of carboxylic acids is 1. The van der Waals surface area contributed by atoms with Gasteiger partial charge in [-0.2, -0.15) is 25.8 Å². The fourth-order valence-corrected chi connectivity index (χ4v) is 8.83. The molecule has 2 fully saturated rings. The van der Waals surface area contributed by atoms with Crippen molar-refractivity contribution < 1.29 is 182 Å². The monoisotopic (exact) mass is 1770 g/mol. The zero-order valence-corrected chi connectivity index (χ0v) is 63.2. The maximum absolute atomic E-state index is 12.5. The Kier molecular flexibility index (Phi) is 66.3. The molecule has 2 aromatic carbocycles. The molecule has 2 aliphatic rings. The van der Waals surface area contributed by atoms with E-state index in [9.17, 15) is 38.7 Å². The summed E-state index contributed by atoms with van der Waals surface area (Å²) in [4.78, 5) is 148. The molecule has 100 heavy (non-hydrogen) atoms. The fourth-order valence-electron chi connectivity index (χ4n) is 8.83. The predicted octanol–water partition coefficient (Wildman–Crippen LogP) is -0.0328. The molecule has 9 N–H and O–H groups in total. The number of hydrogen-bond acceptors (Lipinski definition) is 29. The SMILES string of the molecule is COC(=O)C(CCC(=O)OCC#CCN1CCN(C)CCN(C)CCN(CC(=O)O)CC1)NC(=O)c1ccccc1.COC(=O)C(CCC(=O)OCC#CCN1CCN(C[CH-]OO)CCN(CCOO)CCN(CCOO)CC1)NC(=O)c1ccccc1.O=C=O.O=C=O.[Cl][Gd]([Cl])[Cl].[Gd].[OH3+]. The molecule has 38 heteroatoms. The van der Waals surface area contributed by atoms with E-state index in [4.69, 9.17) is 71.8 Å². The van der Waals surface area contributed by atoms with Crippen molar-refractivity contribution in [3.8, 4) is 23.7 Å². The normalized spacial score (nSPS) is 15.4. The number of amides is 2. The molecule has 2 aromatic rings. The smallest absolute Gasteiger partial charge is 0 e. The largest absolute Gasteiger partial charge is 0.457 e. The average Bonchev–Trinajstić information content (AvgIpc) is 0.925. The number of nitrogens with one attached hydrogen (secondary N) is 2. The van der Waals surface area contributed by atoms with Gasteiger partial charge in [-0.25, -0.2) is 19.4 Å². The van der Waals surface area contributed by atoms with E-state index in [2.05, 4.69) is 97.4 Å². The van der Waals surface area contributed by atoms with Crippen LogP contribution in [0.1, 0.15) is 46.4 Å². The van der Waals surface area contributed by atoms with Crippen molar-refractivity contribution in [3.63, 3.8) is 0 Å². The van der Waals surface area contributed by atoms with Crippen LogP contribution in [0, 0.1) is 99.4 Å². The van der Waals surface area contributed by atoms with Crippen LogP contribution >= 0.6 is 17.9 Å². The second-order valence-corrected chi connectivity index (χ2v) is 31.0. The average molecular weight is 1770 g/mol. The molecule has 2 atom stereocenters. The summed E-state index contributed by atoms with van der Waals surface area (Å²) in [6.45, 7) is 15.4. The third-order valence-corrected chi connectivity index (χ3v) is 14.3. The summed E-state index contributed by atoms with van der Waals surface area (Å²) >= 11 is -1.98. The van der Waals surface area contributed by atoms with Crippen LogP contribution in [0.25, 0.3) is 0 Å². The molecule has 2 amide bonds. The summed E-state index contributed by atoms with van der Waals surface area (Å²) in [6, 6.07) is 14.9. The Morgan fingerprint density at radius 3 is 1.19 bits per heavy atom. The predicted molar refractivity (Wildman–Crippen MR) is 354 cm³/mol. The van der Waals surface area contributed by atoms with Gasteiger partial charge in [0.1, 0.15) is 12.1 Å². The first-order valence-corrected chi connectivity index (χ1v) is 39.0. The Bertz CT molecular complexity index is 2720. The number of ether oxygens (including phenoxy) is 4. The van der Waals surface area contributed by atoms with Gasteiger partial charge < -0.3 is 59.8 Å². The summed E-state index contributed by atoms with van der Waals surface area (Å²) in [5.74, 6) is 22.6. The Morgan fingerprint density at radius 1 is 0.530 bits per heavy atom. The van der Waals surface area contributed by atoms with E-state index in [1.165, 1.54) is 20.8 Å². The van der Waals surface area contributed by atoms with Gasteiger partial charge in [0.2, 0.25) is 0 Å². The molecule has 0 aromatic heterocycles. The van der Waals surface area contributed by atoms with Crippen molar-refractivity contribution in [2.75, 3.05) is 199 Å². The second kappa shape index (κ2) is 66.5. The minimum absolute atomic E-state index is 0. The van der Waals surface area contributed by atoms with Crippen LogP contribution in [-0.2, 0) is 82.2 Å². The minimum Gasteiger partial charge on any atom is -0.457 e. The van der Waals surface area contributed by atoms with E-state index in [1.54, 1.807) is 60.7 Å². The van der Waals surface area contributed by atoms with Gasteiger partial charge in [-0.15, -0.1) is 6.54 Å². The summed E-state index contributed by atoms with van der Waals surface area (Å²) in [5, 5.41) is 41.0. The summed E-state index contributed by atoms with van der Waals surface area (Å²) in [6.07, 6.45) is 0.321. The van der Waals surface area contributed by atoms with E-state index in [-0.39, 0.29) is 116 Å². The van der Waals surface area contributed by atoms with Crippen LogP contribution in [0.3, 0.4) is 0 Å². The first-order chi connectivity index (χ1) is 47.1. The van der Waals surface area contributed by atoms with E-state index in [1.807, 2.05) is 4.90 Å². The van der Waals surface area contributed by atoms with Crippen molar-refractivity contribution in [2.45, 2.75) is 37.8 Å². The molecule has 0 spiro atoms. The number of carboxylic acid groups (broad SMARTS) is 1. The second-order valence-electron chi connectivity index (χ2n) is 21.0. The van der Waals surface area contributed by atoms with E-state index in [0.29, 0.717) is 116 Å². The first kappa shape index (κ1) is 99.7. The molecular formula is C62H94Cl3Gd2N10O23. The number of carbonyl (C=O) groups excluding carboxylic acids is 10. The number of hydrogen-bond donors (Lipinski definition) is 6. The molecule has 567 valence electrons. The molecule has 0 aliphatic carbocycles. The van der Waals surface area contributed by atoms with Gasteiger partial charge in [0.25, 0.3) is 11.8 Å². The molecule has 33 nitrogen and oxygen atoms in total. The number of rotatable bonds is 27. The number of carbonyl (C=O) groups is 7. The number of benzene rings is 2. The van der Waals surface area contributed by atoms with E-state index in [0.717, 1.165) is 32.7 Å². The fraction of sp³-hybridized carbons (Fsp3) is 0.581. The quantitative estimate of drug-likeness (QED) is 0.0130. The summed E-state index contributed by atoms with van der Waals surface area (Å²) in [5.41, 5.74) is 0.774. The van der Waals surface area contributed by atoms with Crippen molar-refractivity contribution in [2.24, 2.45) is 0 Å². The minimum atomic E-state index is -1.98. The van der Waals surface area contributed by atoms with Gasteiger partial charge in [-0.3, -0.25) is 64.2 Å². The van der Waals surface area contributed by atoms with Crippen LogP contribution < -0.4 is 10.6 Å². The van der Waals surface area contributed by atoms with Gasteiger partial charge in [0.05, 0.1) is 47.1 Å². The Balaban J connectivity index is -0.00000164. The number of methoxy groups -OCH3 is 2. The number of aliphatic carboxylic acids is 1. The Morgan fingerprint density at radius 2 is 0.850 bits per heavy atom. The standard InChI is InChI=1S/C31H48N5O11.C29H43N5O7.2CO2.3ClH.2Gd.H2O/c1-43-31(39)28(32-30(38)27-7-3-2-4-8-27)9-10-29(37)44-23-6-5-11-33-12-14-34(20-24-45-40)16-18-36(22-26-47-42)19-17-35(15-13-33)21-25-46-41;1-31-14-15-32(2)17-19-34(23-26(35)36)21-20-33(18-16-31)13-7-8-22-41-27(37)12-11-25(29(39)40-3)30-28(38)24-9-5-4-6-10-24;2*2-1-3;;;;;;/h2-4,7-8,24,28,40-42H,9-23,25-26H2,1H3,(H,32,38);4-6,9-10,25H,11-23H2,1-3H3,(H,30,38)(H,35,36);;;3*1H;;;1H2/q-1;;;;;;;;+3;/p-2.